The second kappa shape index (κ2) is 7.78. The maximum Gasteiger partial charge on any atom is 0.344 e. The number of anilines is 1. The van der Waals surface area contributed by atoms with Gasteiger partial charge in [0.25, 0.3) is 5.91 Å². The average Bonchev–Trinajstić information content (AvgIpc) is 3.15. The van der Waals surface area contributed by atoms with Crippen molar-refractivity contribution in [3.63, 3.8) is 0 Å². The number of fused-ring (bicyclic) bond motifs is 1. The molecule has 0 spiro atoms. The van der Waals surface area contributed by atoms with Crippen LogP contribution in [0.3, 0.4) is 0 Å². The Morgan fingerprint density at radius 3 is 2.64 bits per heavy atom. The van der Waals surface area contributed by atoms with Crippen LogP contribution in [0.15, 0.2) is 70.0 Å². The minimum absolute atomic E-state index is 0.0318. The van der Waals surface area contributed by atoms with E-state index in [1.807, 2.05) is 6.07 Å². The van der Waals surface area contributed by atoms with Crippen LogP contribution in [0.2, 0.25) is 0 Å². The van der Waals surface area contributed by atoms with E-state index in [-0.39, 0.29) is 5.76 Å². The summed E-state index contributed by atoms with van der Waals surface area (Å²) in [4.78, 5) is 29.8. The van der Waals surface area contributed by atoms with Crippen LogP contribution in [0.1, 0.15) is 33.5 Å². The Morgan fingerprint density at radius 2 is 1.86 bits per heavy atom. The van der Waals surface area contributed by atoms with Crippen molar-refractivity contribution in [3.8, 4) is 0 Å². The molecule has 0 saturated heterocycles. The first-order valence-electron chi connectivity index (χ1n) is 8.99. The van der Waals surface area contributed by atoms with E-state index in [2.05, 4.69) is 41.5 Å². The summed E-state index contributed by atoms with van der Waals surface area (Å²) < 4.78 is 5.16. The van der Waals surface area contributed by atoms with Gasteiger partial charge in [-0.15, -0.1) is 11.3 Å². The number of carbonyl (C=O) groups excluding carboxylic acids is 1. The molecule has 28 heavy (non-hydrogen) atoms. The molecule has 4 aromatic rings. The second-order valence-corrected chi connectivity index (χ2v) is 7.53. The van der Waals surface area contributed by atoms with Crippen LogP contribution in [0.4, 0.5) is 5.13 Å². The van der Waals surface area contributed by atoms with E-state index in [1.165, 1.54) is 22.5 Å². The van der Waals surface area contributed by atoms with Crippen molar-refractivity contribution in [2.75, 3.05) is 5.32 Å². The normalized spacial score (nSPS) is 10.9. The summed E-state index contributed by atoms with van der Waals surface area (Å²) in [7, 11) is 0. The molecular weight excluding hydrogens is 372 g/mol. The quantitative estimate of drug-likeness (QED) is 0.538. The Bertz CT molecular complexity index is 1190. The third-order valence-electron chi connectivity index (χ3n) is 4.48. The predicted octanol–water partition coefficient (Wildman–Crippen LogP) is 4.66. The molecule has 0 fully saturated rings. The van der Waals surface area contributed by atoms with Crippen molar-refractivity contribution in [2.24, 2.45) is 0 Å². The Morgan fingerprint density at radius 1 is 1.11 bits per heavy atom. The van der Waals surface area contributed by atoms with E-state index in [9.17, 15) is 9.59 Å². The highest BCUT2D eigenvalue weighted by molar-refractivity contribution is 7.15. The summed E-state index contributed by atoms with van der Waals surface area (Å²) >= 11 is 1.41. The first-order chi connectivity index (χ1) is 13.6. The van der Waals surface area contributed by atoms with Crippen LogP contribution in [-0.2, 0) is 12.8 Å². The molecule has 2 aromatic heterocycles. The molecule has 4 rings (SSSR count). The van der Waals surface area contributed by atoms with Gasteiger partial charge in [0, 0.05) is 17.5 Å². The number of benzene rings is 2. The molecule has 0 aliphatic heterocycles. The molecule has 1 amide bonds. The topological polar surface area (TPSA) is 72.2 Å². The Kier molecular flexibility index (Phi) is 5.04. The summed E-state index contributed by atoms with van der Waals surface area (Å²) in [6, 6.07) is 17.0. The summed E-state index contributed by atoms with van der Waals surface area (Å²) in [6.45, 7) is 2.13. The molecule has 1 N–H and O–H groups in total. The van der Waals surface area contributed by atoms with Gasteiger partial charge < -0.3 is 4.42 Å². The smallest absolute Gasteiger partial charge is 0.344 e. The van der Waals surface area contributed by atoms with Gasteiger partial charge >= 0.3 is 5.63 Å². The molecule has 5 nitrogen and oxygen atoms in total. The van der Waals surface area contributed by atoms with Crippen LogP contribution < -0.4 is 10.9 Å². The molecule has 140 valence electrons. The Balaban J connectivity index is 1.49. The zero-order valence-corrected chi connectivity index (χ0v) is 16.1. The molecule has 0 unspecified atom stereocenters. The standard InChI is InChI=1S/C22H18N2O3S/c1-2-14-7-9-15(10-8-14)11-17-13-23-22(28-17)24-20(25)19-12-16-5-3-4-6-18(16)21(26)27-19/h3-10,12-13H,2,11H2,1H3,(H,23,24,25). The molecule has 0 aliphatic rings. The van der Waals surface area contributed by atoms with E-state index in [4.69, 9.17) is 4.42 Å². The highest BCUT2D eigenvalue weighted by Gasteiger charge is 2.14. The number of aryl methyl sites for hydroxylation is 1. The lowest BCUT2D eigenvalue weighted by Crippen LogP contribution is -2.14. The number of nitrogens with zero attached hydrogens (tertiary/aromatic N) is 1. The van der Waals surface area contributed by atoms with Crippen LogP contribution >= 0.6 is 11.3 Å². The predicted molar refractivity (Wildman–Crippen MR) is 111 cm³/mol. The number of hydrogen-bond acceptors (Lipinski definition) is 5. The lowest BCUT2D eigenvalue weighted by Gasteiger charge is -2.02. The summed E-state index contributed by atoms with van der Waals surface area (Å²) in [5.74, 6) is -0.522. The van der Waals surface area contributed by atoms with Crippen molar-refractivity contribution in [2.45, 2.75) is 19.8 Å². The third kappa shape index (κ3) is 3.87. The van der Waals surface area contributed by atoms with Gasteiger partial charge in [0.15, 0.2) is 10.9 Å². The van der Waals surface area contributed by atoms with Gasteiger partial charge in [-0.1, -0.05) is 49.4 Å². The molecule has 0 atom stereocenters. The van der Waals surface area contributed by atoms with Gasteiger partial charge in [0.1, 0.15) is 0 Å². The highest BCUT2D eigenvalue weighted by atomic mass is 32.1. The number of rotatable bonds is 5. The SMILES string of the molecule is CCc1ccc(Cc2cnc(NC(=O)c3cc4ccccc4c(=O)o3)s2)cc1. The van der Waals surface area contributed by atoms with Crippen molar-refractivity contribution in [1.82, 2.24) is 4.98 Å². The Labute approximate surface area is 165 Å². The first-order valence-corrected chi connectivity index (χ1v) is 9.81. The highest BCUT2D eigenvalue weighted by Crippen LogP contribution is 2.22. The van der Waals surface area contributed by atoms with Gasteiger partial charge in [-0.05, 0) is 35.1 Å². The maximum atomic E-state index is 12.5. The molecule has 2 heterocycles. The second-order valence-electron chi connectivity index (χ2n) is 6.42. The van der Waals surface area contributed by atoms with E-state index in [0.29, 0.717) is 15.9 Å². The van der Waals surface area contributed by atoms with Crippen molar-refractivity contribution < 1.29 is 9.21 Å². The van der Waals surface area contributed by atoms with Gasteiger partial charge in [0.05, 0.1) is 5.39 Å². The van der Waals surface area contributed by atoms with E-state index in [1.54, 1.807) is 30.5 Å². The fourth-order valence-corrected chi connectivity index (χ4v) is 3.79. The maximum absolute atomic E-state index is 12.5. The minimum Gasteiger partial charge on any atom is -0.417 e. The fourth-order valence-electron chi connectivity index (χ4n) is 2.95. The van der Waals surface area contributed by atoms with E-state index in [0.717, 1.165) is 17.7 Å². The van der Waals surface area contributed by atoms with Crippen LogP contribution in [-0.4, -0.2) is 10.9 Å². The Hall–Kier alpha value is -3.25. The van der Waals surface area contributed by atoms with Crippen molar-refractivity contribution in [3.05, 3.63) is 93.0 Å². The van der Waals surface area contributed by atoms with Crippen molar-refractivity contribution in [1.29, 1.82) is 0 Å². The number of thiazole rings is 1. The third-order valence-corrected chi connectivity index (χ3v) is 5.39. The van der Waals surface area contributed by atoms with Gasteiger partial charge in [-0.3, -0.25) is 10.1 Å². The molecule has 0 saturated carbocycles. The largest absolute Gasteiger partial charge is 0.417 e. The first kappa shape index (κ1) is 18.1. The zero-order valence-electron chi connectivity index (χ0n) is 15.3. The summed E-state index contributed by atoms with van der Waals surface area (Å²) in [5.41, 5.74) is 1.97. The molecule has 6 heteroatoms. The summed E-state index contributed by atoms with van der Waals surface area (Å²) in [6.07, 6.45) is 3.52. The molecular formula is C22H18N2O3S. The van der Waals surface area contributed by atoms with E-state index >= 15 is 0 Å². The van der Waals surface area contributed by atoms with Crippen molar-refractivity contribution >= 4 is 33.1 Å². The van der Waals surface area contributed by atoms with Gasteiger partial charge in [0.2, 0.25) is 0 Å². The molecule has 0 aliphatic carbocycles. The van der Waals surface area contributed by atoms with Gasteiger partial charge in [-0.2, -0.15) is 0 Å². The minimum atomic E-state index is -0.529. The lowest BCUT2D eigenvalue weighted by molar-refractivity contribution is 0.0993. The van der Waals surface area contributed by atoms with E-state index < -0.39 is 11.5 Å². The number of carbonyl (C=O) groups is 1. The fraction of sp³-hybridized carbons (Fsp3) is 0.136. The zero-order chi connectivity index (χ0) is 19.5. The average molecular weight is 390 g/mol. The monoisotopic (exact) mass is 390 g/mol. The number of aromatic nitrogens is 1. The van der Waals surface area contributed by atoms with Crippen LogP contribution in [0.25, 0.3) is 10.8 Å². The number of hydrogen-bond donors (Lipinski definition) is 1. The number of nitrogens with one attached hydrogen (secondary N) is 1. The van der Waals surface area contributed by atoms with Crippen LogP contribution in [0.5, 0.6) is 0 Å². The molecule has 0 radical (unpaired) electrons. The van der Waals surface area contributed by atoms with Crippen LogP contribution in [0, 0.1) is 0 Å². The number of amides is 1. The van der Waals surface area contributed by atoms with Gasteiger partial charge in [-0.25, -0.2) is 9.78 Å². The summed E-state index contributed by atoms with van der Waals surface area (Å²) in [5, 5.41) is 4.30. The lowest BCUT2D eigenvalue weighted by atomic mass is 10.1. The molecule has 0 bridgehead atoms. The molecule has 2 aromatic carbocycles.